The number of rotatable bonds is 7. The Kier molecular flexibility index (Phi) is 6.65. The molecule has 0 spiro atoms. The van der Waals surface area contributed by atoms with Crippen molar-refractivity contribution in [3.8, 4) is 5.69 Å². The zero-order chi connectivity index (χ0) is 24.3. The smallest absolute Gasteiger partial charge is 0.253 e. The normalized spacial score (nSPS) is 11.4. The lowest BCUT2D eigenvalue weighted by atomic mass is 10.1. The van der Waals surface area contributed by atoms with E-state index in [0.717, 1.165) is 22.6 Å². The van der Waals surface area contributed by atoms with Crippen molar-refractivity contribution in [2.45, 2.75) is 31.0 Å². The third-order valence-corrected chi connectivity index (χ3v) is 7.55. The monoisotopic (exact) mass is 473 g/mol. The van der Waals surface area contributed by atoms with Gasteiger partial charge in [0.15, 0.2) is 9.84 Å². The third kappa shape index (κ3) is 4.94. The summed E-state index contributed by atoms with van der Waals surface area (Å²) < 4.78 is 27.1. The van der Waals surface area contributed by atoms with Gasteiger partial charge in [0.05, 0.1) is 22.0 Å². The summed E-state index contributed by atoms with van der Waals surface area (Å²) in [6.45, 7) is 4.37. The van der Waals surface area contributed by atoms with Gasteiger partial charge in [-0.2, -0.15) is 5.10 Å². The first-order valence-corrected chi connectivity index (χ1v) is 12.6. The van der Waals surface area contributed by atoms with Gasteiger partial charge in [-0.05, 0) is 55.8 Å². The van der Waals surface area contributed by atoms with Crippen LogP contribution in [0.4, 0.5) is 0 Å². The van der Waals surface area contributed by atoms with Crippen LogP contribution < -0.4 is 0 Å². The molecule has 1 aromatic heterocycles. The quantitative estimate of drug-likeness (QED) is 0.389. The number of aryl methyl sites for hydroxylation is 1. The number of hydrogen-bond acceptors (Lipinski definition) is 4. The van der Waals surface area contributed by atoms with E-state index in [9.17, 15) is 13.2 Å². The van der Waals surface area contributed by atoms with Crippen molar-refractivity contribution in [2.24, 2.45) is 0 Å². The molecule has 34 heavy (non-hydrogen) atoms. The minimum atomic E-state index is -3.44. The maximum Gasteiger partial charge on any atom is 0.253 e. The second kappa shape index (κ2) is 9.65. The molecule has 0 aliphatic carbocycles. The number of amides is 1. The van der Waals surface area contributed by atoms with Gasteiger partial charge in [0.25, 0.3) is 5.91 Å². The van der Waals surface area contributed by atoms with Gasteiger partial charge in [0, 0.05) is 30.4 Å². The minimum absolute atomic E-state index is 0.113. The molecule has 0 aliphatic heterocycles. The van der Waals surface area contributed by atoms with E-state index in [4.69, 9.17) is 0 Å². The number of sulfone groups is 1. The molecule has 0 radical (unpaired) electrons. The fraction of sp³-hybridized carbons (Fsp3) is 0.185. The lowest BCUT2D eigenvalue weighted by molar-refractivity contribution is 0.0784. The topological polar surface area (TPSA) is 72.3 Å². The van der Waals surface area contributed by atoms with Gasteiger partial charge in [0.2, 0.25) is 0 Å². The molecule has 174 valence electrons. The van der Waals surface area contributed by atoms with Crippen LogP contribution in [0.25, 0.3) is 5.69 Å². The maximum atomic E-state index is 13.0. The van der Waals surface area contributed by atoms with Crippen molar-refractivity contribution in [1.82, 2.24) is 14.7 Å². The first-order valence-electron chi connectivity index (χ1n) is 11.0. The fourth-order valence-electron chi connectivity index (χ4n) is 3.93. The standard InChI is InChI=1S/C27H27N3O3S/c1-20-26(21(2)30(28-20)24-10-6-4-7-11-24)18-29(3)27(31)23-16-14-22(15-17-23)19-34(32,33)25-12-8-5-9-13-25/h4-17H,18-19H2,1-3H3. The number of nitrogens with zero attached hydrogens (tertiary/aromatic N) is 3. The summed E-state index contributed by atoms with van der Waals surface area (Å²) in [4.78, 5) is 15.0. The summed E-state index contributed by atoms with van der Waals surface area (Å²) in [5.41, 5.74) is 5.00. The summed E-state index contributed by atoms with van der Waals surface area (Å²) in [5, 5.41) is 4.66. The van der Waals surface area contributed by atoms with Crippen LogP contribution in [0.2, 0.25) is 0 Å². The highest BCUT2D eigenvalue weighted by atomic mass is 32.2. The lowest BCUT2D eigenvalue weighted by Crippen LogP contribution is -2.26. The Balaban J connectivity index is 1.47. The maximum absolute atomic E-state index is 13.0. The molecule has 1 heterocycles. The van der Waals surface area contributed by atoms with Gasteiger partial charge >= 0.3 is 0 Å². The van der Waals surface area contributed by atoms with Crippen LogP contribution in [0.3, 0.4) is 0 Å². The number of aromatic nitrogens is 2. The summed E-state index contributed by atoms with van der Waals surface area (Å²) in [5.74, 6) is -0.248. The molecule has 0 saturated carbocycles. The molecule has 0 bridgehead atoms. The van der Waals surface area contributed by atoms with Crippen LogP contribution in [-0.2, 0) is 22.1 Å². The van der Waals surface area contributed by atoms with E-state index in [0.29, 0.717) is 17.7 Å². The average molecular weight is 474 g/mol. The van der Waals surface area contributed by atoms with E-state index in [1.807, 2.05) is 48.9 Å². The molecule has 0 saturated heterocycles. The van der Waals surface area contributed by atoms with Crippen molar-refractivity contribution in [3.63, 3.8) is 0 Å². The molecule has 0 N–H and O–H groups in total. The number of para-hydroxylation sites is 1. The Labute approximate surface area is 200 Å². The average Bonchev–Trinajstić information content (AvgIpc) is 3.13. The fourth-order valence-corrected chi connectivity index (χ4v) is 5.30. The number of carbonyl (C=O) groups is 1. The molecule has 0 fully saturated rings. The molecule has 3 aromatic carbocycles. The number of hydrogen-bond donors (Lipinski definition) is 0. The predicted molar refractivity (Wildman–Crippen MR) is 133 cm³/mol. The van der Waals surface area contributed by atoms with Gasteiger partial charge in [0.1, 0.15) is 0 Å². The molecule has 6 nitrogen and oxygen atoms in total. The zero-order valence-corrected chi connectivity index (χ0v) is 20.3. The molecule has 4 aromatic rings. The van der Waals surface area contributed by atoms with Gasteiger partial charge in [-0.25, -0.2) is 13.1 Å². The first-order chi connectivity index (χ1) is 16.3. The highest BCUT2D eigenvalue weighted by molar-refractivity contribution is 7.90. The zero-order valence-electron chi connectivity index (χ0n) is 19.5. The van der Waals surface area contributed by atoms with E-state index in [-0.39, 0.29) is 16.6 Å². The van der Waals surface area contributed by atoms with Crippen LogP contribution in [0.1, 0.15) is 32.9 Å². The molecule has 1 amide bonds. The Morgan fingerprint density at radius 2 is 1.47 bits per heavy atom. The molecular weight excluding hydrogens is 446 g/mol. The highest BCUT2D eigenvalue weighted by Gasteiger charge is 2.19. The Hall–Kier alpha value is -3.71. The van der Waals surface area contributed by atoms with Crippen LogP contribution in [-0.4, -0.2) is 36.1 Å². The molecular formula is C27H27N3O3S. The SMILES string of the molecule is Cc1nn(-c2ccccc2)c(C)c1CN(C)C(=O)c1ccc(CS(=O)(=O)c2ccccc2)cc1. The van der Waals surface area contributed by atoms with E-state index in [1.54, 1.807) is 66.5 Å². The molecule has 0 aliphatic rings. The van der Waals surface area contributed by atoms with Crippen molar-refractivity contribution < 1.29 is 13.2 Å². The number of carbonyl (C=O) groups excluding carboxylic acids is 1. The van der Waals surface area contributed by atoms with E-state index >= 15 is 0 Å². The van der Waals surface area contributed by atoms with Crippen molar-refractivity contribution in [1.29, 1.82) is 0 Å². The Bertz CT molecular complexity index is 1400. The van der Waals surface area contributed by atoms with Crippen LogP contribution >= 0.6 is 0 Å². The Morgan fingerprint density at radius 3 is 2.09 bits per heavy atom. The highest BCUT2D eigenvalue weighted by Crippen LogP contribution is 2.21. The summed E-state index contributed by atoms with van der Waals surface area (Å²) in [7, 11) is -1.68. The van der Waals surface area contributed by atoms with E-state index in [1.165, 1.54) is 0 Å². The van der Waals surface area contributed by atoms with Crippen LogP contribution in [0.5, 0.6) is 0 Å². The lowest BCUT2D eigenvalue weighted by Gasteiger charge is -2.18. The molecule has 7 heteroatoms. The van der Waals surface area contributed by atoms with E-state index in [2.05, 4.69) is 5.10 Å². The summed E-state index contributed by atoms with van der Waals surface area (Å²) >= 11 is 0. The first kappa shape index (κ1) is 23.4. The molecule has 0 atom stereocenters. The van der Waals surface area contributed by atoms with Gasteiger partial charge < -0.3 is 4.90 Å². The third-order valence-electron chi connectivity index (χ3n) is 5.84. The summed E-state index contributed by atoms with van der Waals surface area (Å²) in [6, 6.07) is 25.0. The largest absolute Gasteiger partial charge is 0.337 e. The Morgan fingerprint density at radius 1 is 0.882 bits per heavy atom. The molecule has 0 unspecified atom stereocenters. The molecule has 4 rings (SSSR count). The van der Waals surface area contributed by atoms with E-state index < -0.39 is 9.84 Å². The van der Waals surface area contributed by atoms with Crippen molar-refractivity contribution >= 4 is 15.7 Å². The van der Waals surface area contributed by atoms with Crippen LogP contribution in [0, 0.1) is 13.8 Å². The van der Waals surface area contributed by atoms with Gasteiger partial charge in [-0.1, -0.05) is 48.5 Å². The second-order valence-corrected chi connectivity index (χ2v) is 10.3. The number of benzene rings is 3. The van der Waals surface area contributed by atoms with Crippen LogP contribution in [0.15, 0.2) is 89.8 Å². The minimum Gasteiger partial charge on any atom is -0.337 e. The van der Waals surface area contributed by atoms with Crippen molar-refractivity contribution in [2.75, 3.05) is 7.05 Å². The second-order valence-electron chi connectivity index (χ2n) is 8.33. The predicted octanol–water partition coefficient (Wildman–Crippen LogP) is 4.74. The van der Waals surface area contributed by atoms with Gasteiger partial charge in [-0.15, -0.1) is 0 Å². The van der Waals surface area contributed by atoms with Crippen molar-refractivity contribution in [3.05, 3.63) is 113 Å². The van der Waals surface area contributed by atoms with Gasteiger partial charge in [-0.3, -0.25) is 4.79 Å². The summed E-state index contributed by atoms with van der Waals surface area (Å²) in [6.07, 6.45) is 0.